The van der Waals surface area contributed by atoms with E-state index in [1.165, 1.54) is 77.3 Å². The number of aromatic nitrogens is 4. The number of carbonyl (C=O) groups is 2. The molecule has 11 aromatic rings. The lowest BCUT2D eigenvalue weighted by molar-refractivity contribution is -0.124. The van der Waals surface area contributed by atoms with Gasteiger partial charge in [-0.2, -0.15) is 34.0 Å². The van der Waals surface area contributed by atoms with E-state index in [1.54, 1.807) is 61.5 Å². The summed E-state index contributed by atoms with van der Waals surface area (Å²) < 4.78 is 53.2. The van der Waals surface area contributed by atoms with Gasteiger partial charge in [-0.3, -0.25) is 20.4 Å². The number of nitrogens with one attached hydrogen (secondary N) is 5. The summed E-state index contributed by atoms with van der Waals surface area (Å²) in [7, 11) is 0. The van der Waals surface area contributed by atoms with Crippen LogP contribution in [0.3, 0.4) is 0 Å². The standard InChI is InChI=1S/C20H17FN4O3S.C20H15FN4O2S.C20H13FN4OS.CH4/c1-11(26)17(20(28)25-24-19(27)12-3-5-13(21)6-4-12)23-15-7-8-16(22-2)18-14(15)9-10-29-18;1-11(26)17(20-25-24-19(27-20)12-3-5-13(21)6-4-12)23-15-7-8-16(22-2)18-14(15)9-10-28-18;1-3-15(20-25-24-19(26-20)12-4-6-13(21)7-5-12)23-16-8-9-17(22-2)18-14(16)10-11-27-18;/h3-11,17,23,26H,1H3,(H,24,27)(H,25,28);3-11,17,23,26H,1H3;3-11,23H,1H3;1H4/t2*11-,17+;;/m00../s1. The molecule has 0 spiro atoms. The quantitative estimate of drug-likeness (QED) is 0.0398. The van der Waals surface area contributed by atoms with Crippen LogP contribution in [-0.2, 0) is 4.79 Å². The maximum absolute atomic E-state index is 13.1. The van der Waals surface area contributed by atoms with E-state index in [1.807, 2.05) is 53.4 Å². The molecule has 0 aliphatic rings. The molecule has 7 N–H and O–H groups in total. The maximum Gasteiger partial charge on any atom is 0.269 e. The first-order valence-electron chi connectivity index (χ1n) is 25.2. The molecule has 0 fully saturated rings. The zero-order valence-electron chi connectivity index (χ0n) is 44.3. The lowest BCUT2D eigenvalue weighted by Crippen LogP contribution is -2.52. The highest BCUT2D eigenvalue weighted by atomic mass is 32.1. The van der Waals surface area contributed by atoms with Crippen molar-refractivity contribution in [3.63, 3.8) is 0 Å². The fourth-order valence-corrected chi connectivity index (χ4v) is 10.9. The minimum absolute atomic E-state index is 0. The average Bonchev–Trinajstić information content (AvgIpc) is 4.53. The molecular weight excluding hydrogens is 1150 g/mol. The van der Waals surface area contributed by atoms with Crippen LogP contribution in [0.4, 0.5) is 47.3 Å². The van der Waals surface area contributed by atoms with Gasteiger partial charge in [-0.1, -0.05) is 31.7 Å². The summed E-state index contributed by atoms with van der Waals surface area (Å²) in [5.41, 5.74) is 10.5. The monoisotopic (exact) mass is 1200 g/mol. The number of hydrogen-bond donors (Lipinski definition) is 7. The summed E-state index contributed by atoms with van der Waals surface area (Å²) >= 11 is 4.43. The van der Waals surface area contributed by atoms with Crippen molar-refractivity contribution in [2.45, 2.75) is 52.5 Å². The minimum atomic E-state index is -1.08. The maximum atomic E-state index is 13.1. The molecule has 0 radical (unpaired) electrons. The molecule has 0 saturated heterocycles. The number of thiophene rings is 3. The number of anilines is 3. The molecule has 0 aliphatic heterocycles. The Labute approximate surface area is 496 Å². The first-order chi connectivity index (χ1) is 40.7. The molecule has 2 amide bonds. The Hall–Kier alpha value is -10.3. The van der Waals surface area contributed by atoms with Gasteiger partial charge < -0.3 is 35.0 Å². The largest absolute Gasteiger partial charge is 0.418 e. The molecule has 0 saturated carbocycles. The summed E-state index contributed by atoms with van der Waals surface area (Å²) in [4.78, 5) is 35.2. The third-order valence-corrected chi connectivity index (χ3v) is 15.3. The number of aliphatic hydroxyl groups is 2. The number of nitrogens with zero attached hydrogens (tertiary/aromatic N) is 7. The van der Waals surface area contributed by atoms with Crippen LogP contribution in [0, 0.1) is 37.2 Å². The van der Waals surface area contributed by atoms with Gasteiger partial charge in [0.1, 0.15) is 29.5 Å². The van der Waals surface area contributed by atoms with E-state index in [9.17, 15) is 33.0 Å². The van der Waals surface area contributed by atoms with Gasteiger partial charge in [0.05, 0.1) is 37.6 Å². The molecular formula is C61H49F3N12O6S3. The molecule has 0 bridgehead atoms. The van der Waals surface area contributed by atoms with Crippen LogP contribution in [0.25, 0.3) is 73.4 Å². The van der Waals surface area contributed by atoms with Crippen molar-refractivity contribution in [1.29, 1.82) is 0 Å². The van der Waals surface area contributed by atoms with Crippen molar-refractivity contribution in [3.05, 3.63) is 219 Å². The second kappa shape index (κ2) is 27.7. The molecule has 4 atom stereocenters. The molecule has 0 unspecified atom stereocenters. The van der Waals surface area contributed by atoms with Gasteiger partial charge in [-0.15, -0.1) is 20.4 Å². The number of fused-ring (bicyclic) bond motifs is 3. The number of allylic oxidation sites excluding steroid dienone is 1. The Morgan fingerprint density at radius 3 is 1.48 bits per heavy atom. The van der Waals surface area contributed by atoms with Crippen molar-refractivity contribution < 1.29 is 41.8 Å². The second-order valence-electron chi connectivity index (χ2n) is 18.1. The predicted molar refractivity (Wildman–Crippen MR) is 327 cm³/mol. The normalized spacial score (nSPS) is 12.3. The van der Waals surface area contributed by atoms with Gasteiger partial charge >= 0.3 is 0 Å². The smallest absolute Gasteiger partial charge is 0.269 e. The van der Waals surface area contributed by atoms with Gasteiger partial charge in [0.15, 0.2) is 0 Å². The zero-order valence-corrected chi connectivity index (χ0v) is 46.7. The van der Waals surface area contributed by atoms with Crippen molar-refractivity contribution in [2.75, 3.05) is 16.0 Å². The van der Waals surface area contributed by atoms with Gasteiger partial charge in [0, 0.05) is 64.0 Å². The highest BCUT2D eigenvalue weighted by Gasteiger charge is 2.27. The number of rotatable bonds is 14. The number of benzene rings is 6. The molecule has 11 rings (SSSR count). The number of hydrogen-bond acceptors (Lipinski definition) is 16. The van der Waals surface area contributed by atoms with Crippen LogP contribution in [-0.4, -0.2) is 60.7 Å². The van der Waals surface area contributed by atoms with E-state index >= 15 is 0 Å². The Kier molecular flexibility index (Phi) is 19.8. The first kappa shape index (κ1) is 60.8. The Balaban J connectivity index is 0.000000165. The summed E-state index contributed by atoms with van der Waals surface area (Å²) in [6.07, 6.45) is -0.0640. The number of hydrazine groups is 1. The lowest BCUT2D eigenvalue weighted by Gasteiger charge is -2.22. The predicted octanol–water partition coefficient (Wildman–Crippen LogP) is 15.1. The first-order valence-corrected chi connectivity index (χ1v) is 27.8. The van der Waals surface area contributed by atoms with Crippen LogP contribution in [0.15, 0.2) is 158 Å². The van der Waals surface area contributed by atoms with E-state index in [0.717, 1.165) is 53.8 Å². The third-order valence-electron chi connectivity index (χ3n) is 12.5. The molecule has 0 aliphatic carbocycles. The van der Waals surface area contributed by atoms with Crippen molar-refractivity contribution in [2.24, 2.45) is 0 Å². The van der Waals surface area contributed by atoms with E-state index in [4.69, 9.17) is 28.6 Å². The molecule has 6 aromatic carbocycles. The molecule has 85 heavy (non-hydrogen) atoms. The Morgan fingerprint density at radius 1 is 0.565 bits per heavy atom. The Bertz CT molecular complexity index is 4310. The fourth-order valence-electron chi connectivity index (χ4n) is 8.27. The molecule has 24 heteroatoms. The van der Waals surface area contributed by atoms with Gasteiger partial charge in [-0.05, 0) is 146 Å². The molecule has 428 valence electrons. The zero-order chi connectivity index (χ0) is 59.4. The minimum Gasteiger partial charge on any atom is -0.418 e. The van der Waals surface area contributed by atoms with Crippen molar-refractivity contribution >= 4 is 116 Å². The average molecular weight is 1200 g/mol. The summed E-state index contributed by atoms with van der Waals surface area (Å²) in [5.74, 6) is -1.33. The van der Waals surface area contributed by atoms with Crippen LogP contribution in [0.2, 0.25) is 0 Å². The van der Waals surface area contributed by atoms with E-state index in [2.05, 4.69) is 61.7 Å². The van der Waals surface area contributed by atoms with Gasteiger partial charge in [-0.25, -0.2) is 27.7 Å². The highest BCUT2D eigenvalue weighted by Crippen LogP contribution is 2.40. The number of aliphatic hydroxyl groups excluding tert-OH is 2. The van der Waals surface area contributed by atoms with Crippen molar-refractivity contribution in [3.8, 4) is 22.9 Å². The van der Waals surface area contributed by atoms with Gasteiger partial charge in [0.25, 0.3) is 17.7 Å². The van der Waals surface area contributed by atoms with Crippen molar-refractivity contribution in [1.82, 2.24) is 31.2 Å². The van der Waals surface area contributed by atoms with Gasteiger partial charge in [0.2, 0.25) is 34.7 Å². The highest BCUT2D eigenvalue weighted by molar-refractivity contribution is 7.18. The number of halogens is 3. The van der Waals surface area contributed by atoms with E-state index in [0.29, 0.717) is 51.4 Å². The van der Waals surface area contributed by atoms with Crippen LogP contribution >= 0.6 is 34.0 Å². The summed E-state index contributed by atoms with van der Waals surface area (Å²) in [5, 5.41) is 54.4. The SMILES string of the molecule is C.[C-]#[N+]c1ccc(NC(=CC)c2nnc(-c3ccc(F)cc3)o2)c2ccsc12.[C-]#[N+]c1ccc(N[C@@H](C(=O)NNC(=O)c2ccc(F)cc2)[C@H](C)O)c2ccsc12.[C-]#[N+]c1ccc(N[C@@H](c2nnc(-c3ccc(F)cc3)o2)[C@H](C)O)c2ccsc12. The third kappa shape index (κ3) is 14.2. The topological polar surface area (TPSA) is 226 Å². The number of carbonyl (C=O) groups excluding carboxylic acids is 2. The Morgan fingerprint density at radius 2 is 1.01 bits per heavy atom. The van der Waals surface area contributed by atoms with Crippen LogP contribution < -0.4 is 26.8 Å². The van der Waals surface area contributed by atoms with E-state index in [-0.39, 0.29) is 36.4 Å². The van der Waals surface area contributed by atoms with E-state index < -0.39 is 41.9 Å². The molecule has 5 aromatic heterocycles. The molecule has 18 nitrogen and oxygen atoms in total. The fraction of sp³-hybridized carbons (Fsp3) is 0.131. The summed E-state index contributed by atoms with van der Waals surface area (Å²) in [6.45, 7) is 26.7. The lowest BCUT2D eigenvalue weighted by atomic mass is 10.1. The van der Waals surface area contributed by atoms with Crippen LogP contribution in [0.5, 0.6) is 0 Å². The summed E-state index contributed by atoms with van der Waals surface area (Å²) in [6, 6.07) is 31.0. The molecule has 5 heterocycles. The second-order valence-corrected chi connectivity index (χ2v) is 20.8. The number of amides is 2. The van der Waals surface area contributed by atoms with Crippen LogP contribution in [0.1, 0.15) is 56.4 Å².